The van der Waals surface area contributed by atoms with E-state index in [-0.39, 0.29) is 12.3 Å². The van der Waals surface area contributed by atoms with E-state index in [0.717, 1.165) is 5.56 Å². The Morgan fingerprint density at radius 2 is 1.79 bits per heavy atom. The Hall–Kier alpha value is -1.88. The molecule has 0 aliphatic rings. The molecule has 0 aliphatic carbocycles. The maximum absolute atomic E-state index is 11.5. The van der Waals surface area contributed by atoms with Gasteiger partial charge in [0.15, 0.2) is 0 Å². The molecule has 0 fully saturated rings. The summed E-state index contributed by atoms with van der Waals surface area (Å²) in [6, 6.07) is 8.46. The molecule has 0 heterocycles. The first-order valence-corrected chi connectivity index (χ1v) is 6.19. The van der Waals surface area contributed by atoms with Crippen molar-refractivity contribution in [2.24, 2.45) is 11.7 Å². The lowest BCUT2D eigenvalue weighted by Crippen LogP contribution is -2.35. The molecule has 0 amide bonds. The number of carbonyl (C=O) groups excluding carboxylic acids is 2. The molecule has 0 saturated heterocycles. The van der Waals surface area contributed by atoms with Gasteiger partial charge in [-0.2, -0.15) is 0 Å². The van der Waals surface area contributed by atoms with Gasteiger partial charge in [-0.15, -0.1) is 0 Å². The molecule has 0 saturated carbocycles. The summed E-state index contributed by atoms with van der Waals surface area (Å²) >= 11 is 0. The lowest BCUT2D eigenvalue weighted by Gasteiger charge is -2.10. The molecule has 104 valence electrons. The highest BCUT2D eigenvalue weighted by Crippen LogP contribution is 2.05. The van der Waals surface area contributed by atoms with Gasteiger partial charge < -0.3 is 5.73 Å². The summed E-state index contributed by atoms with van der Waals surface area (Å²) in [4.78, 5) is 31.5. The SMILES string of the molecule is CC(C)CC(=O)OOC(=O)C(N)Cc1ccccc1. The molecule has 5 nitrogen and oxygen atoms in total. The molecule has 19 heavy (non-hydrogen) atoms. The van der Waals surface area contributed by atoms with Crippen LogP contribution in [0.25, 0.3) is 0 Å². The number of nitrogens with two attached hydrogens (primary N) is 1. The number of benzene rings is 1. The molecule has 1 aromatic rings. The molecule has 0 bridgehead atoms. The van der Waals surface area contributed by atoms with Crippen LogP contribution in [-0.4, -0.2) is 18.0 Å². The maximum atomic E-state index is 11.5. The fraction of sp³-hybridized carbons (Fsp3) is 0.429. The Morgan fingerprint density at radius 1 is 1.16 bits per heavy atom. The van der Waals surface area contributed by atoms with E-state index in [2.05, 4.69) is 9.78 Å². The van der Waals surface area contributed by atoms with Crippen molar-refractivity contribution < 1.29 is 19.4 Å². The van der Waals surface area contributed by atoms with Crippen LogP contribution >= 0.6 is 0 Å². The third-order valence-electron chi connectivity index (χ3n) is 2.39. The van der Waals surface area contributed by atoms with Crippen LogP contribution in [0.3, 0.4) is 0 Å². The van der Waals surface area contributed by atoms with Crippen LogP contribution < -0.4 is 5.73 Å². The zero-order valence-electron chi connectivity index (χ0n) is 11.2. The molecular weight excluding hydrogens is 246 g/mol. The Kier molecular flexibility index (Phi) is 6.02. The van der Waals surface area contributed by atoms with Gasteiger partial charge in [0.2, 0.25) is 0 Å². The molecule has 0 radical (unpaired) electrons. The Morgan fingerprint density at radius 3 is 2.37 bits per heavy atom. The highest BCUT2D eigenvalue weighted by Gasteiger charge is 2.19. The van der Waals surface area contributed by atoms with E-state index in [9.17, 15) is 9.59 Å². The number of rotatable bonds is 5. The number of carbonyl (C=O) groups is 2. The van der Waals surface area contributed by atoms with Crippen LogP contribution in [0, 0.1) is 5.92 Å². The van der Waals surface area contributed by atoms with Gasteiger partial charge in [-0.05, 0) is 17.9 Å². The molecule has 0 spiro atoms. The second-order valence-corrected chi connectivity index (χ2v) is 4.75. The molecule has 2 N–H and O–H groups in total. The summed E-state index contributed by atoms with van der Waals surface area (Å²) < 4.78 is 0. The van der Waals surface area contributed by atoms with Crippen LogP contribution in [0.5, 0.6) is 0 Å². The third kappa shape index (κ3) is 6.01. The minimum Gasteiger partial charge on any atom is -0.318 e. The van der Waals surface area contributed by atoms with Crippen molar-refractivity contribution in [3.8, 4) is 0 Å². The minimum absolute atomic E-state index is 0.143. The molecule has 1 atom stereocenters. The first-order chi connectivity index (χ1) is 8.99. The smallest absolute Gasteiger partial charge is 0.318 e. The zero-order chi connectivity index (χ0) is 14.3. The molecule has 1 unspecified atom stereocenters. The predicted molar refractivity (Wildman–Crippen MR) is 69.8 cm³/mol. The highest BCUT2D eigenvalue weighted by atomic mass is 17.2. The first kappa shape index (κ1) is 15.2. The molecule has 0 aliphatic heterocycles. The van der Waals surface area contributed by atoms with Gasteiger partial charge in [0.25, 0.3) is 0 Å². The fourth-order valence-electron chi connectivity index (χ4n) is 1.47. The second kappa shape index (κ2) is 7.53. The lowest BCUT2D eigenvalue weighted by molar-refractivity contribution is -0.260. The monoisotopic (exact) mass is 265 g/mol. The van der Waals surface area contributed by atoms with Crippen molar-refractivity contribution in [1.82, 2.24) is 0 Å². The summed E-state index contributed by atoms with van der Waals surface area (Å²) in [5, 5.41) is 0. The van der Waals surface area contributed by atoms with Gasteiger partial charge in [0.1, 0.15) is 6.04 Å². The second-order valence-electron chi connectivity index (χ2n) is 4.75. The quantitative estimate of drug-likeness (QED) is 0.646. The average Bonchev–Trinajstić information content (AvgIpc) is 2.36. The minimum atomic E-state index is -0.853. The standard InChI is InChI=1S/C14H19NO4/c1-10(2)8-13(16)18-19-14(17)12(15)9-11-6-4-3-5-7-11/h3-7,10,12H,8-9,15H2,1-2H3. The Bertz CT molecular complexity index is 417. The topological polar surface area (TPSA) is 78.6 Å². The van der Waals surface area contributed by atoms with Crippen molar-refractivity contribution in [3.05, 3.63) is 35.9 Å². The molecule has 5 heteroatoms. The summed E-state index contributed by atoms with van der Waals surface area (Å²) in [5.74, 6) is -1.18. The van der Waals surface area contributed by atoms with Crippen LogP contribution in [0.15, 0.2) is 30.3 Å². The molecule has 1 rings (SSSR count). The largest absolute Gasteiger partial charge is 0.372 e. The van der Waals surface area contributed by atoms with E-state index in [4.69, 9.17) is 5.73 Å². The highest BCUT2D eigenvalue weighted by molar-refractivity contribution is 5.77. The normalized spacial score (nSPS) is 12.0. The summed E-state index contributed by atoms with van der Waals surface area (Å²) in [6.07, 6.45) is 0.530. The fourth-order valence-corrected chi connectivity index (χ4v) is 1.47. The van der Waals surface area contributed by atoms with Gasteiger partial charge in [-0.1, -0.05) is 44.2 Å². The number of hydrogen-bond donors (Lipinski definition) is 1. The molecule has 1 aromatic carbocycles. The van der Waals surface area contributed by atoms with Crippen LogP contribution in [-0.2, 0) is 25.8 Å². The Labute approximate surface area is 112 Å². The molecule has 0 aromatic heterocycles. The average molecular weight is 265 g/mol. The van der Waals surface area contributed by atoms with Gasteiger partial charge in [0, 0.05) is 0 Å². The van der Waals surface area contributed by atoms with E-state index in [1.165, 1.54) is 0 Å². The van der Waals surface area contributed by atoms with Crippen LogP contribution in [0.2, 0.25) is 0 Å². The van der Waals surface area contributed by atoms with Crippen LogP contribution in [0.1, 0.15) is 25.8 Å². The van der Waals surface area contributed by atoms with Crippen molar-refractivity contribution in [3.63, 3.8) is 0 Å². The molecular formula is C14H19NO4. The van der Waals surface area contributed by atoms with Gasteiger partial charge in [-0.25, -0.2) is 19.4 Å². The summed E-state index contributed by atoms with van der Waals surface area (Å²) in [5.41, 5.74) is 6.59. The van der Waals surface area contributed by atoms with Crippen molar-refractivity contribution in [2.75, 3.05) is 0 Å². The zero-order valence-corrected chi connectivity index (χ0v) is 11.2. The van der Waals surface area contributed by atoms with Crippen molar-refractivity contribution in [2.45, 2.75) is 32.7 Å². The van der Waals surface area contributed by atoms with Gasteiger partial charge >= 0.3 is 11.9 Å². The van der Waals surface area contributed by atoms with Crippen molar-refractivity contribution in [1.29, 1.82) is 0 Å². The van der Waals surface area contributed by atoms with E-state index >= 15 is 0 Å². The summed E-state index contributed by atoms with van der Waals surface area (Å²) in [6.45, 7) is 3.73. The third-order valence-corrected chi connectivity index (χ3v) is 2.39. The van der Waals surface area contributed by atoms with Crippen LogP contribution in [0.4, 0.5) is 0 Å². The van der Waals surface area contributed by atoms with E-state index in [0.29, 0.717) is 6.42 Å². The lowest BCUT2D eigenvalue weighted by atomic mass is 10.1. The van der Waals surface area contributed by atoms with E-state index < -0.39 is 18.0 Å². The van der Waals surface area contributed by atoms with Crippen molar-refractivity contribution >= 4 is 11.9 Å². The first-order valence-electron chi connectivity index (χ1n) is 6.19. The Balaban J connectivity index is 2.35. The van der Waals surface area contributed by atoms with E-state index in [1.807, 2.05) is 44.2 Å². The van der Waals surface area contributed by atoms with Gasteiger partial charge in [0.05, 0.1) is 6.42 Å². The maximum Gasteiger partial charge on any atom is 0.372 e. The van der Waals surface area contributed by atoms with Gasteiger partial charge in [-0.3, -0.25) is 0 Å². The number of hydrogen-bond acceptors (Lipinski definition) is 5. The summed E-state index contributed by atoms with van der Waals surface area (Å²) in [7, 11) is 0. The predicted octanol–water partition coefficient (Wildman–Crippen LogP) is 1.60. The van der Waals surface area contributed by atoms with E-state index in [1.54, 1.807) is 0 Å².